The average Bonchev–Trinajstić information content (AvgIpc) is 2.13. The SMILES string of the molecule is CCC(C)NCC(=O)NCCC(C)O. The van der Waals surface area contributed by atoms with Crippen LogP contribution in [0.25, 0.3) is 0 Å². The first-order chi connectivity index (χ1) is 6.56. The Labute approximate surface area is 86.1 Å². The topological polar surface area (TPSA) is 61.4 Å². The lowest BCUT2D eigenvalue weighted by atomic mass is 10.2. The van der Waals surface area contributed by atoms with Gasteiger partial charge in [-0.1, -0.05) is 6.92 Å². The van der Waals surface area contributed by atoms with Gasteiger partial charge in [0, 0.05) is 12.6 Å². The Kier molecular flexibility index (Phi) is 7.42. The molecular formula is C10H22N2O2. The number of hydrogen-bond donors (Lipinski definition) is 3. The third-order valence-corrected chi connectivity index (χ3v) is 2.11. The fraction of sp³-hybridized carbons (Fsp3) is 0.900. The molecule has 0 rings (SSSR count). The van der Waals surface area contributed by atoms with E-state index in [1.807, 2.05) is 6.92 Å². The summed E-state index contributed by atoms with van der Waals surface area (Å²) in [4.78, 5) is 11.2. The molecule has 0 radical (unpaired) electrons. The van der Waals surface area contributed by atoms with Crippen LogP contribution in [-0.2, 0) is 4.79 Å². The second kappa shape index (κ2) is 7.76. The lowest BCUT2D eigenvalue weighted by molar-refractivity contribution is -0.120. The summed E-state index contributed by atoms with van der Waals surface area (Å²) in [6, 6.07) is 0.373. The van der Waals surface area contributed by atoms with E-state index < -0.39 is 0 Å². The fourth-order valence-corrected chi connectivity index (χ4v) is 0.894. The standard InChI is InChI=1S/C10H22N2O2/c1-4-8(2)12-7-10(14)11-6-5-9(3)13/h8-9,12-13H,4-7H2,1-3H3,(H,11,14). The van der Waals surface area contributed by atoms with E-state index in [0.29, 0.717) is 25.6 Å². The molecule has 3 N–H and O–H groups in total. The summed E-state index contributed by atoms with van der Waals surface area (Å²) >= 11 is 0. The van der Waals surface area contributed by atoms with Crippen molar-refractivity contribution < 1.29 is 9.90 Å². The first kappa shape index (κ1) is 13.4. The van der Waals surface area contributed by atoms with Crippen molar-refractivity contribution in [2.24, 2.45) is 0 Å². The van der Waals surface area contributed by atoms with Gasteiger partial charge in [0.2, 0.25) is 5.91 Å². The minimum absolute atomic E-state index is 0.00838. The molecule has 0 saturated carbocycles. The van der Waals surface area contributed by atoms with E-state index in [0.717, 1.165) is 6.42 Å². The van der Waals surface area contributed by atoms with Crippen molar-refractivity contribution in [2.75, 3.05) is 13.1 Å². The highest BCUT2D eigenvalue weighted by Gasteiger charge is 2.03. The van der Waals surface area contributed by atoms with Gasteiger partial charge in [-0.25, -0.2) is 0 Å². The predicted octanol–water partition coefficient (Wildman–Crippen LogP) is 0.262. The van der Waals surface area contributed by atoms with Crippen molar-refractivity contribution in [3.8, 4) is 0 Å². The molecule has 4 nitrogen and oxygen atoms in total. The average molecular weight is 202 g/mol. The van der Waals surface area contributed by atoms with Crippen LogP contribution in [0.5, 0.6) is 0 Å². The summed E-state index contributed by atoms with van der Waals surface area (Å²) in [5.74, 6) is -0.00838. The van der Waals surface area contributed by atoms with Crippen LogP contribution in [0.4, 0.5) is 0 Å². The van der Waals surface area contributed by atoms with E-state index in [1.165, 1.54) is 0 Å². The van der Waals surface area contributed by atoms with Crippen LogP contribution in [0.3, 0.4) is 0 Å². The minimum Gasteiger partial charge on any atom is -0.393 e. The van der Waals surface area contributed by atoms with Crippen LogP contribution >= 0.6 is 0 Å². The normalized spacial score (nSPS) is 14.9. The minimum atomic E-state index is -0.349. The first-order valence-corrected chi connectivity index (χ1v) is 5.24. The van der Waals surface area contributed by atoms with Crippen molar-refractivity contribution >= 4 is 5.91 Å². The third kappa shape index (κ3) is 8.01. The quantitative estimate of drug-likeness (QED) is 0.555. The molecule has 14 heavy (non-hydrogen) atoms. The third-order valence-electron chi connectivity index (χ3n) is 2.11. The van der Waals surface area contributed by atoms with E-state index in [1.54, 1.807) is 6.92 Å². The summed E-state index contributed by atoms with van der Waals surface area (Å²) < 4.78 is 0. The second-order valence-corrected chi connectivity index (χ2v) is 3.68. The van der Waals surface area contributed by atoms with Crippen LogP contribution in [0.1, 0.15) is 33.6 Å². The fourth-order valence-electron chi connectivity index (χ4n) is 0.894. The Bertz CT molecular complexity index is 160. The van der Waals surface area contributed by atoms with Crippen LogP contribution in [0.15, 0.2) is 0 Å². The molecule has 0 heterocycles. The van der Waals surface area contributed by atoms with E-state index in [9.17, 15) is 4.79 Å². The number of carbonyl (C=O) groups excluding carboxylic acids is 1. The van der Waals surface area contributed by atoms with Gasteiger partial charge in [0.25, 0.3) is 0 Å². The van der Waals surface area contributed by atoms with Gasteiger partial charge < -0.3 is 15.7 Å². The zero-order chi connectivity index (χ0) is 11.0. The van der Waals surface area contributed by atoms with Gasteiger partial charge in [-0.2, -0.15) is 0 Å². The summed E-state index contributed by atoms with van der Waals surface area (Å²) in [7, 11) is 0. The smallest absolute Gasteiger partial charge is 0.233 e. The predicted molar refractivity (Wildman–Crippen MR) is 57.1 cm³/mol. The highest BCUT2D eigenvalue weighted by molar-refractivity contribution is 5.77. The number of hydrogen-bond acceptors (Lipinski definition) is 3. The molecule has 0 fully saturated rings. The van der Waals surface area contributed by atoms with Crippen LogP contribution in [0.2, 0.25) is 0 Å². The molecule has 0 bridgehead atoms. The molecule has 0 aliphatic carbocycles. The largest absolute Gasteiger partial charge is 0.393 e. The molecule has 1 amide bonds. The van der Waals surface area contributed by atoms with E-state index in [4.69, 9.17) is 5.11 Å². The molecule has 84 valence electrons. The van der Waals surface area contributed by atoms with Gasteiger partial charge in [0.15, 0.2) is 0 Å². The molecule has 4 heteroatoms. The number of carbonyl (C=O) groups is 1. The molecule has 0 aliphatic heterocycles. The maximum absolute atomic E-state index is 11.2. The number of aliphatic hydroxyl groups is 1. The zero-order valence-electron chi connectivity index (χ0n) is 9.34. The van der Waals surface area contributed by atoms with Crippen molar-refractivity contribution in [1.29, 1.82) is 0 Å². The van der Waals surface area contributed by atoms with Crippen molar-refractivity contribution in [3.05, 3.63) is 0 Å². The van der Waals surface area contributed by atoms with Gasteiger partial charge in [0.1, 0.15) is 0 Å². The van der Waals surface area contributed by atoms with Gasteiger partial charge >= 0.3 is 0 Å². The Morgan fingerprint density at radius 1 is 1.43 bits per heavy atom. The number of amides is 1. The van der Waals surface area contributed by atoms with Crippen molar-refractivity contribution in [3.63, 3.8) is 0 Å². The van der Waals surface area contributed by atoms with Crippen molar-refractivity contribution in [2.45, 2.75) is 45.8 Å². The second-order valence-electron chi connectivity index (χ2n) is 3.68. The van der Waals surface area contributed by atoms with E-state index in [2.05, 4.69) is 17.6 Å². The molecular weight excluding hydrogens is 180 g/mol. The monoisotopic (exact) mass is 202 g/mol. The van der Waals surface area contributed by atoms with Crippen molar-refractivity contribution in [1.82, 2.24) is 10.6 Å². The number of aliphatic hydroxyl groups excluding tert-OH is 1. The molecule has 0 aromatic rings. The molecule has 0 saturated heterocycles. The van der Waals surface area contributed by atoms with E-state index in [-0.39, 0.29) is 12.0 Å². The molecule has 2 unspecified atom stereocenters. The Morgan fingerprint density at radius 2 is 2.07 bits per heavy atom. The van der Waals surface area contributed by atoms with Gasteiger partial charge in [0.05, 0.1) is 12.6 Å². The molecule has 0 spiro atoms. The van der Waals surface area contributed by atoms with Gasteiger partial charge in [-0.05, 0) is 26.7 Å². The van der Waals surface area contributed by atoms with Gasteiger partial charge in [-0.3, -0.25) is 4.79 Å². The molecule has 0 aromatic carbocycles. The van der Waals surface area contributed by atoms with Gasteiger partial charge in [-0.15, -0.1) is 0 Å². The van der Waals surface area contributed by atoms with Crippen LogP contribution in [-0.4, -0.2) is 36.2 Å². The van der Waals surface area contributed by atoms with Crippen LogP contribution in [0, 0.1) is 0 Å². The summed E-state index contributed by atoms with van der Waals surface area (Å²) in [5.41, 5.74) is 0. The Balaban J connectivity index is 3.37. The highest BCUT2D eigenvalue weighted by atomic mass is 16.3. The lowest BCUT2D eigenvalue weighted by Crippen LogP contribution is -2.38. The first-order valence-electron chi connectivity index (χ1n) is 5.24. The number of rotatable bonds is 7. The highest BCUT2D eigenvalue weighted by Crippen LogP contribution is 1.87. The molecule has 0 aliphatic rings. The van der Waals surface area contributed by atoms with Crippen LogP contribution < -0.4 is 10.6 Å². The summed E-state index contributed by atoms with van der Waals surface area (Å²) in [6.45, 7) is 6.73. The zero-order valence-corrected chi connectivity index (χ0v) is 9.34. The maximum atomic E-state index is 11.2. The Hall–Kier alpha value is -0.610. The molecule has 2 atom stereocenters. The summed E-state index contributed by atoms with van der Waals surface area (Å²) in [6.07, 6.45) is 1.27. The summed E-state index contributed by atoms with van der Waals surface area (Å²) in [5, 5.41) is 14.8. The lowest BCUT2D eigenvalue weighted by Gasteiger charge is -2.11. The van der Waals surface area contributed by atoms with E-state index >= 15 is 0 Å². The number of nitrogens with one attached hydrogen (secondary N) is 2. The Morgan fingerprint density at radius 3 is 2.57 bits per heavy atom. The molecule has 0 aromatic heterocycles. The maximum Gasteiger partial charge on any atom is 0.233 e.